The number of nitrogens with zero attached hydrogens (tertiary/aromatic N) is 2. The number of hydrogen-bond donors (Lipinski definition) is 1. The highest BCUT2D eigenvalue weighted by molar-refractivity contribution is 6.35. The zero-order chi connectivity index (χ0) is 13.6. The fourth-order valence-electron chi connectivity index (χ4n) is 2.68. The first-order valence-electron chi connectivity index (χ1n) is 6.21. The fourth-order valence-corrected chi connectivity index (χ4v) is 2.99. The molecule has 1 N–H and O–H groups in total. The Morgan fingerprint density at radius 2 is 2.16 bits per heavy atom. The van der Waals surface area contributed by atoms with Crippen molar-refractivity contribution in [3.05, 3.63) is 44.1 Å². The molecule has 1 saturated heterocycles. The van der Waals surface area contributed by atoms with E-state index < -0.39 is 0 Å². The molecule has 6 heteroatoms. The number of benzene rings is 1. The van der Waals surface area contributed by atoms with Crippen LogP contribution in [0.4, 0.5) is 0 Å². The number of aryl methyl sites for hydroxylation is 1. The smallest absolute Gasteiger partial charge is 0.315 e. The van der Waals surface area contributed by atoms with Gasteiger partial charge in [-0.25, -0.2) is 4.79 Å². The number of fused-ring (bicyclic) bond motifs is 1. The molecule has 2 heterocycles. The van der Waals surface area contributed by atoms with Crippen molar-refractivity contribution in [1.29, 1.82) is 0 Å². The van der Waals surface area contributed by atoms with Gasteiger partial charge in [0.1, 0.15) is 0 Å². The molecular formula is C13H14ClN3O2. The Labute approximate surface area is 114 Å². The molecule has 2 aromatic rings. The average Bonchev–Trinajstić information content (AvgIpc) is 2.90. The standard InChI is InChI=1S/C13H14ClN3O2/c1-16-11-9(3-2-4-10(11)14)12(18)17(13(16)19)8-5-6-15-7-8/h2-4,8,15H,5-7H2,1H3. The first-order valence-corrected chi connectivity index (χ1v) is 6.59. The first-order chi connectivity index (χ1) is 9.11. The summed E-state index contributed by atoms with van der Waals surface area (Å²) >= 11 is 6.10. The largest absolute Gasteiger partial charge is 0.331 e. The predicted octanol–water partition coefficient (Wildman–Crippen LogP) is 0.888. The van der Waals surface area contributed by atoms with Crippen LogP contribution < -0.4 is 16.6 Å². The number of hydrogen-bond acceptors (Lipinski definition) is 3. The molecule has 1 aliphatic heterocycles. The van der Waals surface area contributed by atoms with E-state index in [1.165, 1.54) is 9.13 Å². The van der Waals surface area contributed by atoms with Crippen LogP contribution in [0.1, 0.15) is 12.5 Å². The lowest BCUT2D eigenvalue weighted by molar-refractivity contribution is 0.493. The quantitative estimate of drug-likeness (QED) is 0.843. The summed E-state index contributed by atoms with van der Waals surface area (Å²) in [7, 11) is 1.65. The molecule has 0 radical (unpaired) electrons. The summed E-state index contributed by atoms with van der Waals surface area (Å²) in [5.41, 5.74) is -0.0602. The van der Waals surface area contributed by atoms with Crippen LogP contribution in [0.25, 0.3) is 10.9 Å². The van der Waals surface area contributed by atoms with Crippen molar-refractivity contribution in [3.8, 4) is 0 Å². The van der Waals surface area contributed by atoms with Crippen molar-refractivity contribution in [2.75, 3.05) is 13.1 Å². The molecule has 1 aromatic heterocycles. The van der Waals surface area contributed by atoms with Crippen LogP contribution in [-0.2, 0) is 7.05 Å². The van der Waals surface area contributed by atoms with Crippen LogP contribution in [-0.4, -0.2) is 22.2 Å². The third kappa shape index (κ3) is 1.81. The number of para-hydroxylation sites is 1. The van der Waals surface area contributed by atoms with Gasteiger partial charge in [0.25, 0.3) is 5.56 Å². The maximum atomic E-state index is 12.5. The summed E-state index contributed by atoms with van der Waals surface area (Å²) in [6.07, 6.45) is 0.793. The summed E-state index contributed by atoms with van der Waals surface area (Å²) in [5, 5.41) is 4.08. The van der Waals surface area contributed by atoms with E-state index in [0.29, 0.717) is 22.5 Å². The summed E-state index contributed by atoms with van der Waals surface area (Å²) in [6, 6.07) is 5.05. The van der Waals surface area contributed by atoms with E-state index in [-0.39, 0.29) is 17.3 Å². The molecule has 1 unspecified atom stereocenters. The van der Waals surface area contributed by atoms with Crippen LogP contribution in [0.3, 0.4) is 0 Å². The first kappa shape index (κ1) is 12.4. The fraction of sp³-hybridized carbons (Fsp3) is 0.385. The van der Waals surface area contributed by atoms with Gasteiger partial charge in [0.15, 0.2) is 0 Å². The van der Waals surface area contributed by atoms with Gasteiger partial charge in [-0.05, 0) is 25.1 Å². The monoisotopic (exact) mass is 279 g/mol. The van der Waals surface area contributed by atoms with Crippen LogP contribution in [0.15, 0.2) is 27.8 Å². The van der Waals surface area contributed by atoms with E-state index in [2.05, 4.69) is 5.32 Å². The van der Waals surface area contributed by atoms with Crippen molar-refractivity contribution in [2.45, 2.75) is 12.5 Å². The maximum absolute atomic E-state index is 12.5. The Balaban J connectivity index is 2.42. The third-order valence-electron chi connectivity index (χ3n) is 3.66. The SMILES string of the molecule is Cn1c(=O)n(C2CCNC2)c(=O)c2cccc(Cl)c21. The lowest BCUT2D eigenvalue weighted by atomic mass is 10.2. The minimum absolute atomic E-state index is 0.0745. The van der Waals surface area contributed by atoms with Crippen molar-refractivity contribution in [3.63, 3.8) is 0 Å². The average molecular weight is 280 g/mol. The van der Waals surface area contributed by atoms with E-state index in [4.69, 9.17) is 11.6 Å². The van der Waals surface area contributed by atoms with E-state index in [1.54, 1.807) is 25.2 Å². The predicted molar refractivity (Wildman–Crippen MR) is 75.0 cm³/mol. The second-order valence-corrected chi connectivity index (χ2v) is 5.21. The Morgan fingerprint density at radius 3 is 2.84 bits per heavy atom. The van der Waals surface area contributed by atoms with Gasteiger partial charge in [0.2, 0.25) is 0 Å². The highest BCUT2D eigenvalue weighted by Gasteiger charge is 2.22. The number of rotatable bonds is 1. The lowest BCUT2D eigenvalue weighted by Crippen LogP contribution is -2.42. The minimum atomic E-state index is -0.306. The van der Waals surface area contributed by atoms with Crippen molar-refractivity contribution < 1.29 is 0 Å². The topological polar surface area (TPSA) is 56.0 Å². The second-order valence-electron chi connectivity index (χ2n) is 4.80. The maximum Gasteiger partial charge on any atom is 0.331 e. The Bertz CT molecular complexity index is 757. The molecular weight excluding hydrogens is 266 g/mol. The van der Waals surface area contributed by atoms with Gasteiger partial charge in [0.05, 0.1) is 22.0 Å². The second kappa shape index (κ2) is 4.51. The van der Waals surface area contributed by atoms with Crippen LogP contribution in [0.2, 0.25) is 5.02 Å². The lowest BCUT2D eigenvalue weighted by Gasteiger charge is -2.15. The van der Waals surface area contributed by atoms with Gasteiger partial charge in [-0.1, -0.05) is 17.7 Å². The van der Waals surface area contributed by atoms with E-state index >= 15 is 0 Å². The summed E-state index contributed by atoms with van der Waals surface area (Å²) in [4.78, 5) is 24.9. The summed E-state index contributed by atoms with van der Waals surface area (Å²) in [5.74, 6) is 0. The van der Waals surface area contributed by atoms with Gasteiger partial charge < -0.3 is 5.32 Å². The Kier molecular flexibility index (Phi) is 2.95. The number of nitrogens with one attached hydrogen (secondary N) is 1. The third-order valence-corrected chi connectivity index (χ3v) is 3.97. The van der Waals surface area contributed by atoms with Crippen LogP contribution in [0.5, 0.6) is 0 Å². The molecule has 5 nitrogen and oxygen atoms in total. The van der Waals surface area contributed by atoms with E-state index in [1.807, 2.05) is 0 Å². The Morgan fingerprint density at radius 1 is 1.37 bits per heavy atom. The van der Waals surface area contributed by atoms with Crippen molar-refractivity contribution >= 4 is 22.5 Å². The molecule has 0 bridgehead atoms. The minimum Gasteiger partial charge on any atom is -0.315 e. The molecule has 19 heavy (non-hydrogen) atoms. The number of halogens is 1. The van der Waals surface area contributed by atoms with Gasteiger partial charge in [-0.3, -0.25) is 13.9 Å². The number of aromatic nitrogens is 2. The molecule has 3 rings (SSSR count). The molecule has 1 fully saturated rings. The summed E-state index contributed by atoms with van der Waals surface area (Å²) < 4.78 is 2.80. The zero-order valence-electron chi connectivity index (χ0n) is 10.5. The molecule has 0 amide bonds. The normalized spacial score (nSPS) is 19.2. The molecule has 1 atom stereocenters. The van der Waals surface area contributed by atoms with Gasteiger partial charge >= 0.3 is 5.69 Å². The van der Waals surface area contributed by atoms with Crippen molar-refractivity contribution in [1.82, 2.24) is 14.5 Å². The zero-order valence-corrected chi connectivity index (χ0v) is 11.3. The van der Waals surface area contributed by atoms with E-state index in [0.717, 1.165) is 13.0 Å². The van der Waals surface area contributed by atoms with Gasteiger partial charge in [0, 0.05) is 13.6 Å². The molecule has 0 spiro atoms. The van der Waals surface area contributed by atoms with Gasteiger partial charge in [-0.15, -0.1) is 0 Å². The Hall–Kier alpha value is -1.59. The molecule has 0 aliphatic carbocycles. The van der Waals surface area contributed by atoms with Crippen molar-refractivity contribution in [2.24, 2.45) is 7.05 Å². The van der Waals surface area contributed by atoms with Crippen LogP contribution >= 0.6 is 11.6 Å². The van der Waals surface area contributed by atoms with Crippen LogP contribution in [0, 0.1) is 0 Å². The highest BCUT2D eigenvalue weighted by atomic mass is 35.5. The van der Waals surface area contributed by atoms with E-state index in [9.17, 15) is 9.59 Å². The molecule has 1 aromatic carbocycles. The molecule has 100 valence electrons. The molecule has 0 saturated carbocycles. The highest BCUT2D eigenvalue weighted by Crippen LogP contribution is 2.20. The molecule has 1 aliphatic rings. The van der Waals surface area contributed by atoms with Gasteiger partial charge in [-0.2, -0.15) is 0 Å². The summed E-state index contributed by atoms with van der Waals surface area (Å²) in [6.45, 7) is 1.48.